The monoisotopic (exact) mass is 301 g/mol. The second kappa shape index (κ2) is 6.04. The van der Waals surface area contributed by atoms with E-state index in [2.05, 4.69) is 5.10 Å². The molecule has 8 heteroatoms. The topological polar surface area (TPSA) is 73.3 Å². The number of nitrogen functional groups attached to an aromatic ring is 1. The highest BCUT2D eigenvalue weighted by Gasteiger charge is 2.33. The summed E-state index contributed by atoms with van der Waals surface area (Å²) >= 11 is 0. The molecule has 3 N–H and O–H groups in total. The van der Waals surface area contributed by atoms with Crippen molar-refractivity contribution >= 4 is 5.69 Å². The van der Waals surface area contributed by atoms with E-state index >= 15 is 0 Å². The number of nitrogens with two attached hydrogens (primary N) is 1. The molecule has 0 spiro atoms. The molecule has 2 rings (SSSR count). The largest absolute Gasteiger partial charge is 0.491 e. The molecule has 1 unspecified atom stereocenters. The Morgan fingerprint density at radius 3 is 2.71 bits per heavy atom. The Morgan fingerprint density at radius 2 is 2.10 bits per heavy atom. The van der Waals surface area contributed by atoms with Crippen molar-refractivity contribution in [1.82, 2.24) is 9.78 Å². The predicted molar refractivity (Wildman–Crippen MR) is 69.6 cm³/mol. The summed E-state index contributed by atoms with van der Waals surface area (Å²) in [6.07, 6.45) is -4.33. The number of halogens is 3. The quantitative estimate of drug-likeness (QED) is 0.828. The Kier molecular flexibility index (Phi) is 4.37. The van der Waals surface area contributed by atoms with Crippen LogP contribution in [0.2, 0.25) is 0 Å². The summed E-state index contributed by atoms with van der Waals surface area (Å²) in [6, 6.07) is 7.48. The highest BCUT2D eigenvalue weighted by atomic mass is 19.4. The van der Waals surface area contributed by atoms with Crippen LogP contribution in [0.4, 0.5) is 18.9 Å². The van der Waals surface area contributed by atoms with Gasteiger partial charge in [0.15, 0.2) is 5.69 Å². The summed E-state index contributed by atoms with van der Waals surface area (Å²) in [7, 11) is 0. The van der Waals surface area contributed by atoms with Crippen LogP contribution in [-0.2, 0) is 12.7 Å². The van der Waals surface area contributed by atoms with Crippen LogP contribution in [0.1, 0.15) is 5.69 Å². The number of aliphatic hydroxyl groups excluding tert-OH is 1. The minimum absolute atomic E-state index is 0.0787. The Labute approximate surface area is 118 Å². The molecule has 21 heavy (non-hydrogen) atoms. The van der Waals surface area contributed by atoms with Crippen LogP contribution in [-0.4, -0.2) is 27.6 Å². The molecule has 0 aliphatic rings. The van der Waals surface area contributed by atoms with E-state index in [4.69, 9.17) is 10.5 Å². The van der Waals surface area contributed by atoms with Gasteiger partial charge in [-0.2, -0.15) is 18.3 Å². The zero-order valence-corrected chi connectivity index (χ0v) is 10.9. The van der Waals surface area contributed by atoms with Crippen LogP contribution >= 0.6 is 0 Å². The van der Waals surface area contributed by atoms with Crippen LogP contribution < -0.4 is 10.5 Å². The average molecular weight is 301 g/mol. The second-order valence-electron chi connectivity index (χ2n) is 4.46. The Morgan fingerprint density at radius 1 is 1.33 bits per heavy atom. The van der Waals surface area contributed by atoms with Gasteiger partial charge in [0.2, 0.25) is 0 Å². The molecule has 1 heterocycles. The molecule has 114 valence electrons. The van der Waals surface area contributed by atoms with Crippen LogP contribution in [0, 0.1) is 0 Å². The lowest BCUT2D eigenvalue weighted by Gasteiger charge is -2.12. The van der Waals surface area contributed by atoms with Gasteiger partial charge in [0.25, 0.3) is 0 Å². The summed E-state index contributed by atoms with van der Waals surface area (Å²) in [5, 5.41) is 13.1. The van der Waals surface area contributed by atoms with Gasteiger partial charge in [-0.25, -0.2) is 0 Å². The minimum Gasteiger partial charge on any atom is -0.491 e. The smallest absolute Gasteiger partial charge is 0.435 e. The number of nitrogens with zero attached hydrogens (tertiary/aromatic N) is 2. The summed E-state index contributed by atoms with van der Waals surface area (Å²) < 4.78 is 43.4. The van der Waals surface area contributed by atoms with Gasteiger partial charge in [-0.05, 0) is 18.2 Å². The van der Waals surface area contributed by atoms with E-state index in [0.717, 1.165) is 16.9 Å². The Hall–Kier alpha value is -2.22. The van der Waals surface area contributed by atoms with Crippen molar-refractivity contribution in [3.05, 3.63) is 42.2 Å². The van der Waals surface area contributed by atoms with Gasteiger partial charge in [0, 0.05) is 18.0 Å². The maximum atomic E-state index is 12.4. The van der Waals surface area contributed by atoms with Crippen molar-refractivity contribution in [3.63, 3.8) is 0 Å². The van der Waals surface area contributed by atoms with Crippen LogP contribution in [0.5, 0.6) is 5.75 Å². The van der Waals surface area contributed by atoms with E-state index in [-0.39, 0.29) is 13.2 Å². The standard InChI is InChI=1S/C13H14F3N3O2/c14-13(15,16)12-4-5-19(18-12)7-10(20)8-21-11-3-1-2-9(17)6-11/h1-6,10,20H,7-8,17H2. The lowest BCUT2D eigenvalue weighted by molar-refractivity contribution is -0.141. The highest BCUT2D eigenvalue weighted by molar-refractivity contribution is 5.43. The van der Waals surface area contributed by atoms with Crippen molar-refractivity contribution in [1.29, 1.82) is 0 Å². The van der Waals surface area contributed by atoms with Gasteiger partial charge in [0.1, 0.15) is 18.5 Å². The maximum absolute atomic E-state index is 12.4. The number of hydrogen-bond acceptors (Lipinski definition) is 4. The van der Waals surface area contributed by atoms with E-state index in [0.29, 0.717) is 11.4 Å². The number of ether oxygens (including phenoxy) is 1. The number of alkyl halides is 3. The summed E-state index contributed by atoms with van der Waals surface area (Å²) in [5.41, 5.74) is 5.09. The van der Waals surface area contributed by atoms with E-state index < -0.39 is 18.0 Å². The molecule has 1 atom stereocenters. The van der Waals surface area contributed by atoms with E-state index in [1.807, 2.05) is 0 Å². The zero-order valence-electron chi connectivity index (χ0n) is 10.9. The highest BCUT2D eigenvalue weighted by Crippen LogP contribution is 2.27. The number of rotatable bonds is 5. The van der Waals surface area contributed by atoms with Crippen LogP contribution in [0.3, 0.4) is 0 Å². The third-order valence-electron chi connectivity index (χ3n) is 2.63. The van der Waals surface area contributed by atoms with Gasteiger partial charge in [-0.15, -0.1) is 0 Å². The number of aromatic nitrogens is 2. The average Bonchev–Trinajstić information content (AvgIpc) is 2.85. The lowest BCUT2D eigenvalue weighted by atomic mass is 10.3. The first kappa shape index (κ1) is 15.2. The summed E-state index contributed by atoms with van der Waals surface area (Å²) in [5.74, 6) is 0.477. The first-order chi connectivity index (χ1) is 9.84. The Balaban J connectivity index is 1.87. The molecule has 0 fully saturated rings. The molecule has 2 aromatic rings. The van der Waals surface area contributed by atoms with Crippen molar-refractivity contribution < 1.29 is 23.0 Å². The molecule has 1 aromatic carbocycles. The van der Waals surface area contributed by atoms with E-state index in [1.165, 1.54) is 0 Å². The first-order valence-corrected chi connectivity index (χ1v) is 6.11. The fraction of sp³-hybridized carbons (Fsp3) is 0.308. The predicted octanol–water partition coefficient (Wildman–Crippen LogP) is 1.92. The molecule has 0 amide bonds. The summed E-state index contributed by atoms with van der Waals surface area (Å²) in [6.45, 7) is -0.178. The van der Waals surface area contributed by atoms with Crippen molar-refractivity contribution in [2.75, 3.05) is 12.3 Å². The van der Waals surface area contributed by atoms with Crippen molar-refractivity contribution in [2.45, 2.75) is 18.8 Å². The van der Waals surface area contributed by atoms with E-state index in [9.17, 15) is 18.3 Å². The van der Waals surface area contributed by atoms with Gasteiger partial charge < -0.3 is 15.6 Å². The second-order valence-corrected chi connectivity index (χ2v) is 4.46. The van der Waals surface area contributed by atoms with E-state index in [1.54, 1.807) is 24.3 Å². The van der Waals surface area contributed by atoms with Gasteiger partial charge >= 0.3 is 6.18 Å². The fourth-order valence-electron chi connectivity index (χ4n) is 1.68. The molecule has 0 radical (unpaired) electrons. The molecule has 0 aliphatic heterocycles. The SMILES string of the molecule is Nc1cccc(OCC(O)Cn2ccc(C(F)(F)F)n2)c1. The number of anilines is 1. The van der Waals surface area contributed by atoms with Gasteiger partial charge in [-0.3, -0.25) is 4.68 Å². The minimum atomic E-state index is -4.49. The lowest BCUT2D eigenvalue weighted by Crippen LogP contribution is -2.24. The third kappa shape index (κ3) is 4.38. The third-order valence-corrected chi connectivity index (χ3v) is 2.63. The van der Waals surface area contributed by atoms with Crippen LogP contribution in [0.15, 0.2) is 36.5 Å². The number of aliphatic hydroxyl groups is 1. The maximum Gasteiger partial charge on any atom is 0.435 e. The molecular weight excluding hydrogens is 287 g/mol. The molecule has 0 aliphatic carbocycles. The first-order valence-electron chi connectivity index (χ1n) is 6.11. The zero-order chi connectivity index (χ0) is 15.5. The normalized spacial score (nSPS) is 13.1. The molecule has 5 nitrogen and oxygen atoms in total. The van der Waals surface area contributed by atoms with Crippen molar-refractivity contribution in [2.24, 2.45) is 0 Å². The molecule has 0 saturated heterocycles. The molecule has 0 bridgehead atoms. The number of hydrogen-bond donors (Lipinski definition) is 2. The fourth-order valence-corrected chi connectivity index (χ4v) is 1.68. The molecular formula is C13H14F3N3O2. The van der Waals surface area contributed by atoms with Crippen molar-refractivity contribution in [3.8, 4) is 5.75 Å². The van der Waals surface area contributed by atoms with Gasteiger partial charge in [0.05, 0.1) is 6.54 Å². The summed E-state index contributed by atoms with van der Waals surface area (Å²) in [4.78, 5) is 0. The Bertz CT molecular complexity index is 598. The van der Waals surface area contributed by atoms with Gasteiger partial charge in [-0.1, -0.05) is 6.07 Å². The number of benzene rings is 1. The molecule has 1 aromatic heterocycles. The molecule has 0 saturated carbocycles. The van der Waals surface area contributed by atoms with Crippen LogP contribution in [0.25, 0.3) is 0 Å².